The van der Waals surface area contributed by atoms with Crippen LogP contribution in [0.5, 0.6) is 0 Å². The normalized spacial score (nSPS) is 13.1. The molecule has 1 aromatic heterocycles. The number of nitrogens with one attached hydrogen (secondary N) is 2. The van der Waals surface area contributed by atoms with E-state index < -0.39 is 0 Å². The SMILES string of the molecule is Cc1cccc(NC(=O)CSCC(=O)Nc2cccc(-c3nnnn3C3CC3)c2)c1. The molecule has 9 heteroatoms. The van der Waals surface area contributed by atoms with Crippen molar-refractivity contribution in [3.8, 4) is 11.4 Å². The van der Waals surface area contributed by atoms with E-state index in [-0.39, 0.29) is 23.3 Å². The van der Waals surface area contributed by atoms with Crippen molar-refractivity contribution in [1.82, 2.24) is 20.2 Å². The first-order chi connectivity index (χ1) is 14.6. The number of aromatic nitrogens is 4. The van der Waals surface area contributed by atoms with Gasteiger partial charge in [0.05, 0.1) is 17.5 Å². The largest absolute Gasteiger partial charge is 0.325 e. The van der Waals surface area contributed by atoms with Gasteiger partial charge >= 0.3 is 0 Å². The molecule has 2 aromatic carbocycles. The van der Waals surface area contributed by atoms with E-state index in [0.29, 0.717) is 17.6 Å². The molecule has 4 rings (SSSR count). The Morgan fingerprint density at radius 3 is 2.37 bits per heavy atom. The van der Waals surface area contributed by atoms with E-state index in [0.717, 1.165) is 29.7 Å². The molecule has 0 saturated heterocycles. The minimum atomic E-state index is -0.165. The van der Waals surface area contributed by atoms with Crippen LogP contribution < -0.4 is 10.6 Å². The van der Waals surface area contributed by atoms with Crippen molar-refractivity contribution in [2.24, 2.45) is 0 Å². The molecule has 30 heavy (non-hydrogen) atoms. The highest BCUT2D eigenvalue weighted by Crippen LogP contribution is 2.36. The third kappa shape index (κ3) is 5.24. The number of nitrogens with zero attached hydrogens (tertiary/aromatic N) is 4. The second-order valence-corrected chi connectivity index (χ2v) is 8.20. The van der Waals surface area contributed by atoms with E-state index in [1.54, 1.807) is 0 Å². The number of thioether (sulfide) groups is 1. The van der Waals surface area contributed by atoms with Crippen molar-refractivity contribution in [1.29, 1.82) is 0 Å². The summed E-state index contributed by atoms with van der Waals surface area (Å²) in [6.45, 7) is 1.97. The molecular formula is C21H22N6O2S. The fourth-order valence-electron chi connectivity index (χ4n) is 3.04. The first kappa shape index (κ1) is 20.1. The van der Waals surface area contributed by atoms with Crippen LogP contribution >= 0.6 is 11.8 Å². The molecule has 3 aromatic rings. The zero-order valence-corrected chi connectivity index (χ0v) is 17.4. The maximum Gasteiger partial charge on any atom is 0.234 e. The molecule has 0 atom stereocenters. The summed E-state index contributed by atoms with van der Waals surface area (Å²) < 4.78 is 1.84. The number of anilines is 2. The number of hydrogen-bond acceptors (Lipinski definition) is 6. The fourth-order valence-corrected chi connectivity index (χ4v) is 3.66. The van der Waals surface area contributed by atoms with Gasteiger partial charge in [-0.15, -0.1) is 16.9 Å². The molecule has 154 valence electrons. The van der Waals surface area contributed by atoms with Crippen LogP contribution in [-0.2, 0) is 9.59 Å². The Labute approximate surface area is 178 Å². The number of hydrogen-bond donors (Lipinski definition) is 2. The van der Waals surface area contributed by atoms with E-state index in [1.807, 2.05) is 60.1 Å². The number of aryl methyl sites for hydroxylation is 1. The highest BCUT2D eigenvalue weighted by Gasteiger charge is 2.28. The summed E-state index contributed by atoms with van der Waals surface area (Å²) in [5.41, 5.74) is 3.37. The molecule has 0 unspecified atom stereocenters. The van der Waals surface area contributed by atoms with Gasteiger partial charge in [0, 0.05) is 16.9 Å². The average molecular weight is 423 g/mol. The Morgan fingerprint density at radius 1 is 1.03 bits per heavy atom. The molecule has 0 spiro atoms. The number of carbonyl (C=O) groups is 2. The Hall–Kier alpha value is -3.20. The molecule has 2 N–H and O–H groups in total. The van der Waals surface area contributed by atoms with E-state index >= 15 is 0 Å². The van der Waals surface area contributed by atoms with Crippen molar-refractivity contribution in [3.63, 3.8) is 0 Å². The van der Waals surface area contributed by atoms with E-state index in [9.17, 15) is 9.59 Å². The van der Waals surface area contributed by atoms with Crippen LogP contribution in [0.3, 0.4) is 0 Å². The molecular weight excluding hydrogens is 400 g/mol. The van der Waals surface area contributed by atoms with Crippen LogP contribution in [-0.4, -0.2) is 43.5 Å². The molecule has 1 aliphatic rings. The number of tetrazole rings is 1. The summed E-state index contributed by atoms with van der Waals surface area (Å²) in [5.74, 6) is 0.799. The van der Waals surface area contributed by atoms with Crippen molar-refractivity contribution < 1.29 is 9.59 Å². The van der Waals surface area contributed by atoms with Crippen LogP contribution in [0.15, 0.2) is 48.5 Å². The predicted molar refractivity (Wildman–Crippen MR) is 117 cm³/mol. The monoisotopic (exact) mass is 422 g/mol. The summed E-state index contributed by atoms with van der Waals surface area (Å²) in [6.07, 6.45) is 2.17. The second kappa shape index (κ2) is 9.08. The van der Waals surface area contributed by atoms with Crippen LogP contribution in [0.25, 0.3) is 11.4 Å². The molecule has 1 saturated carbocycles. The van der Waals surface area contributed by atoms with Gasteiger partial charge in [-0.2, -0.15) is 0 Å². The standard InChI is InChI=1S/C21H22N6O2S/c1-14-4-2-6-16(10-14)22-19(28)12-30-13-20(29)23-17-7-3-5-15(11-17)21-24-25-26-27(21)18-8-9-18/h2-7,10-11,18H,8-9,12-13H2,1H3,(H,22,28)(H,23,29). The average Bonchev–Trinajstić information content (AvgIpc) is 3.44. The lowest BCUT2D eigenvalue weighted by Gasteiger charge is -2.08. The van der Waals surface area contributed by atoms with Gasteiger partial charge in [0.15, 0.2) is 5.82 Å². The van der Waals surface area contributed by atoms with Crippen LogP contribution in [0, 0.1) is 6.92 Å². The lowest BCUT2D eigenvalue weighted by molar-refractivity contribution is -0.114. The molecule has 1 fully saturated rings. The van der Waals surface area contributed by atoms with Crippen molar-refractivity contribution in [2.45, 2.75) is 25.8 Å². The third-order valence-electron chi connectivity index (χ3n) is 4.56. The molecule has 0 aliphatic heterocycles. The summed E-state index contributed by atoms with van der Waals surface area (Å²) in [5, 5.41) is 17.7. The maximum absolute atomic E-state index is 12.3. The van der Waals surface area contributed by atoms with Gasteiger partial charge in [0.2, 0.25) is 11.8 Å². The number of rotatable bonds is 8. The van der Waals surface area contributed by atoms with Gasteiger partial charge in [0.1, 0.15) is 0 Å². The van der Waals surface area contributed by atoms with Crippen LogP contribution in [0.4, 0.5) is 11.4 Å². The summed E-state index contributed by atoms with van der Waals surface area (Å²) >= 11 is 1.27. The molecule has 2 amide bonds. The van der Waals surface area contributed by atoms with Gasteiger partial charge < -0.3 is 10.6 Å². The Morgan fingerprint density at radius 2 is 1.70 bits per heavy atom. The molecule has 1 aliphatic carbocycles. The minimum absolute atomic E-state index is 0.132. The van der Waals surface area contributed by atoms with Crippen LogP contribution in [0.2, 0.25) is 0 Å². The first-order valence-corrected chi connectivity index (χ1v) is 10.9. The fraction of sp³-hybridized carbons (Fsp3) is 0.286. The summed E-state index contributed by atoms with van der Waals surface area (Å²) in [4.78, 5) is 24.3. The topological polar surface area (TPSA) is 102 Å². The zero-order valence-electron chi connectivity index (χ0n) is 16.5. The molecule has 1 heterocycles. The zero-order chi connectivity index (χ0) is 20.9. The summed E-state index contributed by atoms with van der Waals surface area (Å²) in [6, 6.07) is 15.4. The third-order valence-corrected chi connectivity index (χ3v) is 5.49. The summed E-state index contributed by atoms with van der Waals surface area (Å²) in [7, 11) is 0. The highest BCUT2D eigenvalue weighted by atomic mass is 32.2. The molecule has 0 radical (unpaired) electrons. The van der Waals surface area contributed by atoms with Gasteiger partial charge in [0.25, 0.3) is 0 Å². The highest BCUT2D eigenvalue weighted by molar-refractivity contribution is 8.00. The lowest BCUT2D eigenvalue weighted by atomic mass is 10.2. The van der Waals surface area contributed by atoms with Crippen molar-refractivity contribution in [3.05, 3.63) is 54.1 Å². The maximum atomic E-state index is 12.3. The van der Waals surface area contributed by atoms with Gasteiger partial charge in [-0.1, -0.05) is 24.3 Å². The Kier molecular flexibility index (Phi) is 6.08. The number of benzene rings is 2. The predicted octanol–water partition coefficient (Wildman–Crippen LogP) is 3.29. The van der Waals surface area contributed by atoms with E-state index in [2.05, 4.69) is 26.2 Å². The smallest absolute Gasteiger partial charge is 0.234 e. The Bertz CT molecular complexity index is 1060. The van der Waals surface area contributed by atoms with E-state index in [1.165, 1.54) is 11.8 Å². The lowest BCUT2D eigenvalue weighted by Crippen LogP contribution is -2.18. The first-order valence-electron chi connectivity index (χ1n) is 9.71. The van der Waals surface area contributed by atoms with Gasteiger partial charge in [-0.25, -0.2) is 4.68 Å². The van der Waals surface area contributed by atoms with Crippen molar-refractivity contribution in [2.75, 3.05) is 22.1 Å². The minimum Gasteiger partial charge on any atom is -0.325 e. The Balaban J connectivity index is 1.27. The molecule has 8 nitrogen and oxygen atoms in total. The molecule has 0 bridgehead atoms. The van der Waals surface area contributed by atoms with E-state index in [4.69, 9.17) is 0 Å². The van der Waals surface area contributed by atoms with Crippen molar-refractivity contribution >= 4 is 35.0 Å². The quantitative estimate of drug-likeness (QED) is 0.578. The van der Waals surface area contributed by atoms with Gasteiger partial charge in [-0.3, -0.25) is 9.59 Å². The van der Waals surface area contributed by atoms with Crippen LogP contribution in [0.1, 0.15) is 24.4 Å². The second-order valence-electron chi connectivity index (χ2n) is 7.22. The number of carbonyl (C=O) groups excluding carboxylic acids is 2. The van der Waals surface area contributed by atoms with Gasteiger partial charge in [-0.05, 0) is 60.0 Å². The number of amides is 2.